The molecule has 0 atom stereocenters. The first-order valence-electron chi connectivity index (χ1n) is 8.83. The van der Waals surface area contributed by atoms with Gasteiger partial charge in [-0.2, -0.15) is 4.98 Å². The van der Waals surface area contributed by atoms with Crippen molar-refractivity contribution in [3.63, 3.8) is 0 Å². The van der Waals surface area contributed by atoms with Gasteiger partial charge in [0.05, 0.1) is 5.69 Å². The summed E-state index contributed by atoms with van der Waals surface area (Å²) >= 11 is 1.42. The Morgan fingerprint density at radius 3 is 2.55 bits per heavy atom. The zero-order valence-corrected chi connectivity index (χ0v) is 15.9. The number of carbonyl (C=O) groups is 2. The van der Waals surface area contributed by atoms with Crippen LogP contribution in [0.5, 0.6) is 0 Å². The van der Waals surface area contributed by atoms with Crippen molar-refractivity contribution in [1.29, 1.82) is 0 Å². The summed E-state index contributed by atoms with van der Waals surface area (Å²) < 4.78 is 14.8. The van der Waals surface area contributed by atoms with Crippen molar-refractivity contribution in [1.82, 2.24) is 19.9 Å². The lowest BCUT2D eigenvalue weighted by atomic mass is 10.2. The summed E-state index contributed by atoms with van der Waals surface area (Å²) in [6.07, 6.45) is 0.483. The number of aromatic nitrogens is 3. The fourth-order valence-electron chi connectivity index (χ4n) is 2.71. The third kappa shape index (κ3) is 4.30. The number of anilines is 1. The standard InChI is InChI=1S/C20H16FN5O2S/c21-14-8-6-13(7-9-14)17-24-20-26(25-17)16(12-29-20)10-11-22-18(27)19(28)23-15-4-2-1-3-5-15/h1-9,12H,10-11H2,(H,22,27)(H,23,28). The number of halogens is 1. The number of hydrogen-bond acceptors (Lipinski definition) is 5. The smallest absolute Gasteiger partial charge is 0.313 e. The van der Waals surface area contributed by atoms with E-state index in [1.807, 2.05) is 11.4 Å². The van der Waals surface area contributed by atoms with Crippen LogP contribution in [-0.2, 0) is 16.0 Å². The van der Waals surface area contributed by atoms with E-state index in [1.165, 1.54) is 23.5 Å². The van der Waals surface area contributed by atoms with E-state index in [2.05, 4.69) is 20.7 Å². The molecule has 0 spiro atoms. The number of para-hydroxylation sites is 1. The second-order valence-corrected chi connectivity index (χ2v) is 7.03. The molecular formula is C20H16FN5O2S. The van der Waals surface area contributed by atoms with Crippen molar-refractivity contribution in [2.45, 2.75) is 6.42 Å². The molecule has 2 amide bonds. The van der Waals surface area contributed by atoms with Crippen LogP contribution in [0.15, 0.2) is 60.0 Å². The van der Waals surface area contributed by atoms with Crippen LogP contribution in [0.1, 0.15) is 5.69 Å². The number of carbonyl (C=O) groups excluding carboxylic acids is 2. The maximum absolute atomic E-state index is 13.1. The van der Waals surface area contributed by atoms with Crippen molar-refractivity contribution in [2.75, 3.05) is 11.9 Å². The minimum atomic E-state index is -0.717. The van der Waals surface area contributed by atoms with E-state index in [4.69, 9.17) is 0 Å². The summed E-state index contributed by atoms with van der Waals surface area (Å²) in [6, 6.07) is 14.8. The van der Waals surface area contributed by atoms with E-state index < -0.39 is 11.8 Å². The highest BCUT2D eigenvalue weighted by Crippen LogP contribution is 2.21. The molecule has 0 unspecified atom stereocenters. The number of rotatable bonds is 5. The molecule has 29 heavy (non-hydrogen) atoms. The van der Waals surface area contributed by atoms with E-state index in [0.29, 0.717) is 22.9 Å². The Morgan fingerprint density at radius 1 is 1.03 bits per heavy atom. The number of hydrogen-bond donors (Lipinski definition) is 2. The van der Waals surface area contributed by atoms with Crippen LogP contribution < -0.4 is 10.6 Å². The van der Waals surface area contributed by atoms with Crippen LogP contribution >= 0.6 is 11.3 Å². The second kappa shape index (κ2) is 8.19. The van der Waals surface area contributed by atoms with Gasteiger partial charge in [0.2, 0.25) is 4.96 Å². The van der Waals surface area contributed by atoms with Gasteiger partial charge < -0.3 is 10.6 Å². The molecule has 2 heterocycles. The molecule has 7 nitrogen and oxygen atoms in total. The fraction of sp³-hybridized carbons (Fsp3) is 0.100. The van der Waals surface area contributed by atoms with Crippen molar-refractivity contribution in [2.24, 2.45) is 0 Å². The molecule has 0 aliphatic carbocycles. The number of benzene rings is 2. The summed E-state index contributed by atoms with van der Waals surface area (Å²) in [6.45, 7) is 0.276. The van der Waals surface area contributed by atoms with Crippen molar-refractivity contribution >= 4 is 33.8 Å². The number of fused-ring (bicyclic) bond motifs is 1. The van der Waals surface area contributed by atoms with Crippen molar-refractivity contribution < 1.29 is 14.0 Å². The Kier molecular flexibility index (Phi) is 5.30. The SMILES string of the molecule is O=C(NCCc1csc2nc(-c3ccc(F)cc3)nn12)C(=O)Nc1ccccc1. The lowest BCUT2D eigenvalue weighted by molar-refractivity contribution is -0.136. The average Bonchev–Trinajstić information content (AvgIpc) is 3.31. The van der Waals surface area contributed by atoms with Crippen LogP contribution in [0.2, 0.25) is 0 Å². The van der Waals surface area contributed by atoms with Crippen LogP contribution in [0.4, 0.5) is 10.1 Å². The molecule has 9 heteroatoms. The van der Waals surface area contributed by atoms with Gasteiger partial charge in [-0.25, -0.2) is 8.91 Å². The van der Waals surface area contributed by atoms with Crippen LogP contribution in [0.3, 0.4) is 0 Å². The Bertz CT molecular complexity index is 1150. The van der Waals surface area contributed by atoms with Crippen molar-refractivity contribution in [3.8, 4) is 11.4 Å². The monoisotopic (exact) mass is 409 g/mol. The number of nitrogens with zero attached hydrogens (tertiary/aromatic N) is 3. The number of thiazole rings is 1. The van der Waals surface area contributed by atoms with Gasteiger partial charge in [-0.1, -0.05) is 18.2 Å². The first-order chi connectivity index (χ1) is 14.1. The highest BCUT2D eigenvalue weighted by atomic mass is 32.1. The van der Waals surface area contributed by atoms with Gasteiger partial charge in [0.1, 0.15) is 5.82 Å². The second-order valence-electron chi connectivity index (χ2n) is 6.19. The summed E-state index contributed by atoms with van der Waals surface area (Å²) in [5.41, 5.74) is 2.14. The Morgan fingerprint density at radius 2 is 1.79 bits per heavy atom. The average molecular weight is 409 g/mol. The minimum Gasteiger partial charge on any atom is -0.347 e. The molecular weight excluding hydrogens is 393 g/mol. The summed E-state index contributed by atoms with van der Waals surface area (Å²) in [5.74, 6) is -1.23. The van der Waals surface area contributed by atoms with E-state index in [0.717, 1.165) is 11.3 Å². The van der Waals surface area contributed by atoms with Gasteiger partial charge in [0.15, 0.2) is 5.82 Å². The first kappa shape index (κ1) is 18.8. The van der Waals surface area contributed by atoms with Crippen LogP contribution in [0.25, 0.3) is 16.3 Å². The predicted molar refractivity (Wildman–Crippen MR) is 108 cm³/mol. The maximum atomic E-state index is 13.1. The highest BCUT2D eigenvalue weighted by Gasteiger charge is 2.15. The molecule has 4 aromatic rings. The van der Waals surface area contributed by atoms with Gasteiger partial charge >= 0.3 is 11.8 Å². The maximum Gasteiger partial charge on any atom is 0.313 e. The third-order valence-electron chi connectivity index (χ3n) is 4.16. The Balaban J connectivity index is 1.36. The summed E-state index contributed by atoms with van der Waals surface area (Å²) in [4.78, 5) is 29.0. The molecule has 0 fully saturated rings. The minimum absolute atomic E-state index is 0.276. The van der Waals surface area contributed by atoms with Crippen molar-refractivity contribution in [3.05, 3.63) is 71.5 Å². The molecule has 2 aromatic carbocycles. The Hall–Kier alpha value is -3.59. The quantitative estimate of drug-likeness (QED) is 0.496. The molecule has 0 saturated carbocycles. The summed E-state index contributed by atoms with van der Waals surface area (Å²) in [5, 5.41) is 11.5. The molecule has 2 N–H and O–H groups in total. The molecule has 0 bridgehead atoms. The third-order valence-corrected chi connectivity index (χ3v) is 5.02. The molecule has 146 valence electrons. The first-order valence-corrected chi connectivity index (χ1v) is 9.71. The lowest BCUT2D eigenvalue weighted by Gasteiger charge is -2.06. The largest absolute Gasteiger partial charge is 0.347 e. The number of amides is 2. The van der Waals surface area contributed by atoms with Gasteiger partial charge in [0.25, 0.3) is 0 Å². The van der Waals surface area contributed by atoms with Gasteiger partial charge in [0, 0.05) is 29.6 Å². The molecule has 2 aromatic heterocycles. The van der Waals surface area contributed by atoms with E-state index in [1.54, 1.807) is 40.9 Å². The molecule has 4 rings (SSSR count). The lowest BCUT2D eigenvalue weighted by Crippen LogP contribution is -2.36. The zero-order chi connectivity index (χ0) is 20.2. The molecule has 0 aliphatic rings. The van der Waals surface area contributed by atoms with E-state index >= 15 is 0 Å². The topological polar surface area (TPSA) is 88.4 Å². The van der Waals surface area contributed by atoms with E-state index in [-0.39, 0.29) is 12.4 Å². The molecule has 0 aliphatic heterocycles. The van der Waals surface area contributed by atoms with Gasteiger partial charge in [-0.05, 0) is 36.4 Å². The summed E-state index contributed by atoms with van der Waals surface area (Å²) in [7, 11) is 0. The molecule has 0 saturated heterocycles. The zero-order valence-electron chi connectivity index (χ0n) is 15.1. The fourth-order valence-corrected chi connectivity index (χ4v) is 3.57. The van der Waals surface area contributed by atoms with Crippen LogP contribution in [-0.4, -0.2) is 33.0 Å². The highest BCUT2D eigenvalue weighted by molar-refractivity contribution is 7.15. The van der Waals surface area contributed by atoms with Crippen LogP contribution in [0, 0.1) is 5.82 Å². The van der Waals surface area contributed by atoms with Gasteiger partial charge in [-0.3, -0.25) is 9.59 Å². The molecule has 0 radical (unpaired) electrons. The van der Waals surface area contributed by atoms with Gasteiger partial charge in [-0.15, -0.1) is 16.4 Å². The predicted octanol–water partition coefficient (Wildman–Crippen LogP) is 2.89. The Labute approximate surface area is 169 Å². The van der Waals surface area contributed by atoms with E-state index in [9.17, 15) is 14.0 Å². The normalized spacial score (nSPS) is 10.8. The number of nitrogens with one attached hydrogen (secondary N) is 2.